The molecule has 2 rings (SSSR count). The van der Waals surface area contributed by atoms with Crippen molar-refractivity contribution in [2.75, 3.05) is 5.73 Å². The molecule has 0 bridgehead atoms. The van der Waals surface area contributed by atoms with Crippen molar-refractivity contribution in [3.63, 3.8) is 0 Å². The molecule has 11 heteroatoms. The molecule has 21 heavy (non-hydrogen) atoms. The second-order valence-corrected chi connectivity index (χ2v) is 5.44. The van der Waals surface area contributed by atoms with Gasteiger partial charge in [0, 0.05) is 23.5 Å². The van der Waals surface area contributed by atoms with E-state index < -0.39 is 10.2 Å². The average molecular weight is 310 g/mol. The highest BCUT2D eigenvalue weighted by Gasteiger charge is 2.21. The highest BCUT2D eigenvalue weighted by Crippen LogP contribution is 2.25. The summed E-state index contributed by atoms with van der Waals surface area (Å²) in [4.78, 5) is 3.94. The van der Waals surface area contributed by atoms with E-state index in [1.54, 1.807) is 12.1 Å². The number of pyridine rings is 1. The SMILES string of the molecule is N/N=C(\NN)c1c(-c2ccc(N)nc2)ccn1S(N)(=O)=O. The number of nitrogens with one attached hydrogen (secondary N) is 1. The maximum absolute atomic E-state index is 11.6. The Bertz CT molecular complexity index is 778. The van der Waals surface area contributed by atoms with E-state index in [2.05, 4.69) is 15.5 Å². The third-order valence-corrected chi connectivity index (χ3v) is 3.57. The van der Waals surface area contributed by atoms with Crippen LogP contribution in [0.15, 0.2) is 35.7 Å². The maximum Gasteiger partial charge on any atom is 0.303 e. The number of hydrazone groups is 1. The van der Waals surface area contributed by atoms with Gasteiger partial charge in [-0.15, -0.1) is 0 Å². The molecule has 0 amide bonds. The Morgan fingerprint density at radius 1 is 1.33 bits per heavy atom. The Kier molecular flexibility index (Phi) is 3.80. The fourth-order valence-electron chi connectivity index (χ4n) is 1.82. The number of anilines is 1. The molecule has 2 aromatic heterocycles. The molecule has 10 nitrogen and oxygen atoms in total. The molecule has 112 valence electrons. The van der Waals surface area contributed by atoms with Gasteiger partial charge in [0.15, 0.2) is 5.84 Å². The Morgan fingerprint density at radius 3 is 2.52 bits per heavy atom. The lowest BCUT2D eigenvalue weighted by atomic mass is 10.1. The fourth-order valence-corrected chi connectivity index (χ4v) is 2.49. The van der Waals surface area contributed by atoms with E-state index in [9.17, 15) is 8.42 Å². The molecule has 0 saturated heterocycles. The van der Waals surface area contributed by atoms with Gasteiger partial charge in [-0.05, 0) is 18.2 Å². The van der Waals surface area contributed by atoms with Gasteiger partial charge in [0.05, 0.1) is 0 Å². The number of hydrogen-bond donors (Lipinski definition) is 5. The lowest BCUT2D eigenvalue weighted by Gasteiger charge is -2.11. The van der Waals surface area contributed by atoms with E-state index in [1.807, 2.05) is 0 Å². The van der Waals surface area contributed by atoms with Gasteiger partial charge in [-0.3, -0.25) is 0 Å². The zero-order valence-electron chi connectivity index (χ0n) is 10.8. The molecule has 2 heterocycles. The molecular formula is C10H14N8O2S. The van der Waals surface area contributed by atoms with Crippen molar-refractivity contribution in [2.45, 2.75) is 0 Å². The molecule has 0 aromatic carbocycles. The van der Waals surface area contributed by atoms with Crippen LogP contribution >= 0.6 is 0 Å². The van der Waals surface area contributed by atoms with Gasteiger partial charge in [-0.2, -0.15) is 13.5 Å². The van der Waals surface area contributed by atoms with Crippen molar-refractivity contribution < 1.29 is 8.42 Å². The molecule has 0 spiro atoms. The zero-order chi connectivity index (χ0) is 15.6. The smallest absolute Gasteiger partial charge is 0.303 e. The number of amidine groups is 1. The summed E-state index contributed by atoms with van der Waals surface area (Å²) in [7, 11) is -4.05. The van der Waals surface area contributed by atoms with Gasteiger partial charge in [0.2, 0.25) is 0 Å². The van der Waals surface area contributed by atoms with E-state index in [1.165, 1.54) is 18.5 Å². The van der Waals surface area contributed by atoms with Crippen molar-refractivity contribution >= 4 is 21.9 Å². The third kappa shape index (κ3) is 2.79. The first kappa shape index (κ1) is 14.8. The van der Waals surface area contributed by atoms with E-state index in [4.69, 9.17) is 22.6 Å². The standard InChI is InChI=1S/C10H14N8O2S/c11-8-2-1-6(5-15-8)7-3-4-18(21(14,19)20)9(7)10(16-12)17-13/h1-5H,12-13H2,(H2,11,15)(H,16,17)(H2,14,19,20). The first-order valence-corrected chi connectivity index (χ1v) is 7.10. The molecular weight excluding hydrogens is 296 g/mol. The molecule has 0 atom stereocenters. The van der Waals surface area contributed by atoms with E-state index in [-0.39, 0.29) is 11.5 Å². The summed E-state index contributed by atoms with van der Waals surface area (Å²) in [6, 6.07) is 4.76. The summed E-state index contributed by atoms with van der Waals surface area (Å²) in [5.74, 6) is 10.8. The highest BCUT2D eigenvalue weighted by atomic mass is 32.2. The van der Waals surface area contributed by atoms with Crippen LogP contribution in [-0.2, 0) is 10.2 Å². The predicted molar refractivity (Wildman–Crippen MR) is 78.6 cm³/mol. The van der Waals surface area contributed by atoms with Crippen LogP contribution in [0.3, 0.4) is 0 Å². The lowest BCUT2D eigenvalue weighted by Crippen LogP contribution is -2.36. The van der Waals surface area contributed by atoms with Crippen molar-refractivity contribution in [1.82, 2.24) is 14.4 Å². The number of nitrogens with two attached hydrogens (primary N) is 4. The van der Waals surface area contributed by atoms with Crippen molar-refractivity contribution in [2.24, 2.45) is 21.9 Å². The normalized spacial score (nSPS) is 12.4. The largest absolute Gasteiger partial charge is 0.384 e. The molecule has 0 unspecified atom stereocenters. The van der Waals surface area contributed by atoms with Crippen LogP contribution < -0.4 is 28.0 Å². The molecule has 0 aliphatic rings. The summed E-state index contributed by atoms with van der Waals surface area (Å²) in [6.45, 7) is 0. The van der Waals surface area contributed by atoms with E-state index in [0.717, 1.165) is 3.97 Å². The fraction of sp³-hybridized carbons (Fsp3) is 0. The van der Waals surface area contributed by atoms with Crippen LogP contribution in [0.25, 0.3) is 11.1 Å². The Labute approximate surface area is 120 Å². The summed E-state index contributed by atoms with van der Waals surface area (Å²) in [5, 5.41) is 8.58. The molecule has 0 aliphatic carbocycles. The zero-order valence-corrected chi connectivity index (χ0v) is 11.6. The first-order valence-electron chi connectivity index (χ1n) is 5.60. The van der Waals surface area contributed by atoms with Crippen LogP contribution in [0.2, 0.25) is 0 Å². The van der Waals surface area contributed by atoms with Crippen LogP contribution in [-0.4, -0.2) is 23.2 Å². The van der Waals surface area contributed by atoms with Crippen LogP contribution in [0.4, 0.5) is 5.82 Å². The average Bonchev–Trinajstić information content (AvgIpc) is 2.86. The van der Waals surface area contributed by atoms with Gasteiger partial charge in [0.1, 0.15) is 11.5 Å². The second kappa shape index (κ2) is 5.40. The summed E-state index contributed by atoms with van der Waals surface area (Å²) >= 11 is 0. The van der Waals surface area contributed by atoms with Crippen molar-refractivity contribution in [3.8, 4) is 11.1 Å². The Balaban J connectivity index is 2.73. The molecule has 0 radical (unpaired) electrons. The van der Waals surface area contributed by atoms with Gasteiger partial charge in [0.25, 0.3) is 0 Å². The van der Waals surface area contributed by atoms with Gasteiger partial charge in [-0.25, -0.2) is 19.9 Å². The third-order valence-electron chi connectivity index (χ3n) is 2.71. The van der Waals surface area contributed by atoms with E-state index in [0.29, 0.717) is 16.9 Å². The topological polar surface area (TPSA) is 180 Å². The molecule has 9 N–H and O–H groups in total. The molecule has 0 fully saturated rings. The highest BCUT2D eigenvalue weighted by molar-refractivity contribution is 7.87. The number of hydrogen-bond acceptors (Lipinski definition) is 7. The minimum atomic E-state index is -4.05. The minimum Gasteiger partial charge on any atom is -0.384 e. The minimum absolute atomic E-state index is 0.0548. The number of hydrazine groups is 1. The van der Waals surface area contributed by atoms with Gasteiger partial charge >= 0.3 is 10.2 Å². The summed E-state index contributed by atoms with van der Waals surface area (Å²) in [6.07, 6.45) is 2.74. The lowest BCUT2D eigenvalue weighted by molar-refractivity contribution is 0.589. The van der Waals surface area contributed by atoms with Crippen molar-refractivity contribution in [1.29, 1.82) is 0 Å². The number of nitrogen functional groups attached to an aromatic ring is 1. The molecule has 0 saturated carbocycles. The number of aromatic nitrogens is 2. The van der Waals surface area contributed by atoms with E-state index >= 15 is 0 Å². The molecule has 2 aromatic rings. The first-order chi connectivity index (χ1) is 9.88. The Hall–Kier alpha value is -2.63. The monoisotopic (exact) mass is 310 g/mol. The van der Waals surface area contributed by atoms with Gasteiger partial charge in [-0.1, -0.05) is 0 Å². The maximum atomic E-state index is 11.6. The number of rotatable bonds is 3. The summed E-state index contributed by atoms with van der Waals surface area (Å²) < 4.78 is 24.1. The predicted octanol–water partition coefficient (Wildman–Crippen LogP) is -1.73. The molecule has 0 aliphatic heterocycles. The summed E-state index contributed by atoms with van der Waals surface area (Å²) in [5.41, 5.74) is 8.91. The quantitative estimate of drug-likeness (QED) is 0.193. The van der Waals surface area contributed by atoms with Crippen molar-refractivity contribution in [3.05, 3.63) is 36.3 Å². The Morgan fingerprint density at radius 2 is 2.05 bits per heavy atom. The van der Waals surface area contributed by atoms with Crippen LogP contribution in [0.5, 0.6) is 0 Å². The van der Waals surface area contributed by atoms with Crippen LogP contribution in [0, 0.1) is 0 Å². The van der Waals surface area contributed by atoms with Crippen LogP contribution in [0.1, 0.15) is 5.69 Å². The number of nitrogens with zero attached hydrogens (tertiary/aromatic N) is 3. The van der Waals surface area contributed by atoms with Gasteiger partial charge < -0.3 is 17.0 Å². The second-order valence-electron chi connectivity index (χ2n) is 4.01.